The van der Waals surface area contributed by atoms with E-state index in [1.54, 1.807) is 0 Å². The highest BCUT2D eigenvalue weighted by molar-refractivity contribution is 5.45. The molecule has 3 atom stereocenters. The van der Waals surface area contributed by atoms with Crippen LogP contribution in [-0.2, 0) is 0 Å². The normalized spacial score (nSPS) is 28.1. The molecule has 2 N–H and O–H groups in total. The molecule has 1 fully saturated rings. The quantitative estimate of drug-likeness (QED) is 0.837. The molecular formula is C14H23N3. The third-order valence-electron chi connectivity index (χ3n) is 3.91. The van der Waals surface area contributed by atoms with Gasteiger partial charge in [0.2, 0.25) is 0 Å². The van der Waals surface area contributed by atoms with Crippen molar-refractivity contribution in [2.45, 2.75) is 39.7 Å². The first-order valence-electron chi connectivity index (χ1n) is 6.68. The second-order valence-corrected chi connectivity index (χ2v) is 5.10. The minimum absolute atomic E-state index is 0.578. The molecule has 0 spiro atoms. The maximum absolute atomic E-state index is 4.56. The molecule has 0 radical (unpaired) electrons. The number of anilines is 2. The average Bonchev–Trinajstić information content (AvgIpc) is 2.62. The van der Waals surface area contributed by atoms with Crippen molar-refractivity contribution in [3.8, 4) is 0 Å². The predicted molar refractivity (Wildman–Crippen MR) is 73.4 cm³/mol. The van der Waals surface area contributed by atoms with Gasteiger partial charge < -0.3 is 10.6 Å². The van der Waals surface area contributed by atoms with E-state index in [-0.39, 0.29) is 0 Å². The molecule has 1 heterocycles. The molecule has 17 heavy (non-hydrogen) atoms. The van der Waals surface area contributed by atoms with Crippen molar-refractivity contribution in [1.29, 1.82) is 0 Å². The van der Waals surface area contributed by atoms with Crippen LogP contribution in [0.3, 0.4) is 0 Å². The van der Waals surface area contributed by atoms with Gasteiger partial charge in [0.05, 0.1) is 0 Å². The summed E-state index contributed by atoms with van der Waals surface area (Å²) in [5.41, 5.74) is 0. The van der Waals surface area contributed by atoms with Crippen LogP contribution < -0.4 is 10.6 Å². The van der Waals surface area contributed by atoms with Crippen LogP contribution in [0.25, 0.3) is 0 Å². The third-order valence-corrected chi connectivity index (χ3v) is 3.91. The molecule has 1 aliphatic rings. The summed E-state index contributed by atoms with van der Waals surface area (Å²) in [6.45, 7) is 7.67. The maximum Gasteiger partial charge on any atom is 0.128 e. The number of nitrogens with zero attached hydrogens (tertiary/aromatic N) is 1. The minimum atomic E-state index is 0.578. The molecule has 1 aromatic heterocycles. The fraction of sp³-hybridized carbons (Fsp3) is 0.643. The number of hydrogen-bond donors (Lipinski definition) is 2. The predicted octanol–water partition coefficient (Wildman–Crippen LogP) is 3.36. The lowest BCUT2D eigenvalue weighted by Crippen LogP contribution is -2.24. The highest BCUT2D eigenvalue weighted by Gasteiger charge is 2.29. The van der Waals surface area contributed by atoms with Crippen LogP contribution in [-0.4, -0.2) is 17.6 Å². The molecule has 94 valence electrons. The summed E-state index contributed by atoms with van der Waals surface area (Å²) in [5, 5.41) is 6.81. The zero-order valence-electron chi connectivity index (χ0n) is 11.0. The molecule has 0 aliphatic heterocycles. The molecule has 3 heteroatoms. The molecule has 2 rings (SSSR count). The Morgan fingerprint density at radius 2 is 2.00 bits per heavy atom. The van der Waals surface area contributed by atoms with Gasteiger partial charge in [-0.05, 0) is 43.7 Å². The van der Waals surface area contributed by atoms with Gasteiger partial charge in [0, 0.05) is 12.6 Å². The molecule has 3 unspecified atom stereocenters. The van der Waals surface area contributed by atoms with E-state index in [1.807, 2.05) is 6.07 Å². The Morgan fingerprint density at radius 3 is 2.65 bits per heavy atom. The van der Waals surface area contributed by atoms with Crippen molar-refractivity contribution in [1.82, 2.24) is 4.98 Å². The Kier molecular flexibility index (Phi) is 3.87. The van der Waals surface area contributed by atoms with Gasteiger partial charge in [-0.25, -0.2) is 4.98 Å². The van der Waals surface area contributed by atoms with Crippen LogP contribution >= 0.6 is 0 Å². The van der Waals surface area contributed by atoms with Gasteiger partial charge in [-0.15, -0.1) is 0 Å². The van der Waals surface area contributed by atoms with Gasteiger partial charge in [0.25, 0.3) is 0 Å². The van der Waals surface area contributed by atoms with Crippen LogP contribution in [0.5, 0.6) is 0 Å². The summed E-state index contributed by atoms with van der Waals surface area (Å²) >= 11 is 0. The van der Waals surface area contributed by atoms with Crippen molar-refractivity contribution in [2.75, 3.05) is 17.2 Å². The van der Waals surface area contributed by atoms with Gasteiger partial charge in [0.1, 0.15) is 11.6 Å². The highest BCUT2D eigenvalue weighted by atomic mass is 15.1. The van der Waals surface area contributed by atoms with E-state index in [9.17, 15) is 0 Å². The molecule has 1 aliphatic carbocycles. The van der Waals surface area contributed by atoms with Crippen LogP contribution in [0.1, 0.15) is 33.6 Å². The van der Waals surface area contributed by atoms with E-state index in [4.69, 9.17) is 0 Å². The standard InChI is InChI=1S/C14H23N3/c1-4-15-13-6-5-7-14(17-13)16-12-9-8-10(2)11(12)3/h5-7,10-12H,4,8-9H2,1-3H3,(H2,15,16,17). The Balaban J connectivity index is 2.01. The minimum Gasteiger partial charge on any atom is -0.370 e. The second kappa shape index (κ2) is 5.39. The van der Waals surface area contributed by atoms with Crippen molar-refractivity contribution in [2.24, 2.45) is 11.8 Å². The van der Waals surface area contributed by atoms with E-state index in [0.29, 0.717) is 6.04 Å². The van der Waals surface area contributed by atoms with Crippen LogP contribution in [0, 0.1) is 11.8 Å². The Bertz CT molecular complexity index is 364. The molecule has 0 bridgehead atoms. The average molecular weight is 233 g/mol. The second-order valence-electron chi connectivity index (χ2n) is 5.10. The van der Waals surface area contributed by atoms with Crippen LogP contribution in [0.15, 0.2) is 18.2 Å². The van der Waals surface area contributed by atoms with Gasteiger partial charge in [-0.2, -0.15) is 0 Å². The smallest absolute Gasteiger partial charge is 0.128 e. The largest absolute Gasteiger partial charge is 0.370 e. The molecular weight excluding hydrogens is 210 g/mol. The lowest BCUT2D eigenvalue weighted by molar-refractivity contribution is 0.435. The number of pyridine rings is 1. The third kappa shape index (κ3) is 2.90. The van der Waals surface area contributed by atoms with Gasteiger partial charge in [-0.1, -0.05) is 19.9 Å². The topological polar surface area (TPSA) is 37.0 Å². The fourth-order valence-electron chi connectivity index (χ4n) is 2.55. The fourth-order valence-corrected chi connectivity index (χ4v) is 2.55. The SMILES string of the molecule is CCNc1cccc(NC2CCC(C)C2C)n1. The van der Waals surface area contributed by atoms with Gasteiger partial charge >= 0.3 is 0 Å². The number of nitrogens with one attached hydrogen (secondary N) is 2. The van der Waals surface area contributed by atoms with Crippen LogP contribution in [0.4, 0.5) is 11.6 Å². The number of rotatable bonds is 4. The van der Waals surface area contributed by atoms with Crippen LogP contribution in [0.2, 0.25) is 0 Å². The van der Waals surface area contributed by atoms with Crippen molar-refractivity contribution >= 4 is 11.6 Å². The number of aromatic nitrogens is 1. The first-order valence-corrected chi connectivity index (χ1v) is 6.68. The Hall–Kier alpha value is -1.25. The van der Waals surface area contributed by atoms with Crippen molar-refractivity contribution < 1.29 is 0 Å². The lowest BCUT2D eigenvalue weighted by Gasteiger charge is -2.20. The summed E-state index contributed by atoms with van der Waals surface area (Å²) in [7, 11) is 0. The summed E-state index contributed by atoms with van der Waals surface area (Å²) in [4.78, 5) is 4.56. The van der Waals surface area contributed by atoms with Crippen molar-refractivity contribution in [3.05, 3.63) is 18.2 Å². The summed E-state index contributed by atoms with van der Waals surface area (Å²) in [5.74, 6) is 3.51. The van der Waals surface area contributed by atoms with Gasteiger partial charge in [-0.3, -0.25) is 0 Å². The van der Waals surface area contributed by atoms with E-state index < -0.39 is 0 Å². The van der Waals surface area contributed by atoms with E-state index >= 15 is 0 Å². The molecule has 0 amide bonds. The van der Waals surface area contributed by atoms with E-state index in [0.717, 1.165) is 30.0 Å². The van der Waals surface area contributed by atoms with E-state index in [1.165, 1.54) is 12.8 Å². The Labute approximate surface area is 104 Å². The Morgan fingerprint density at radius 1 is 1.24 bits per heavy atom. The molecule has 0 aromatic carbocycles. The highest BCUT2D eigenvalue weighted by Crippen LogP contribution is 2.32. The monoisotopic (exact) mass is 233 g/mol. The molecule has 1 aromatic rings. The summed E-state index contributed by atoms with van der Waals surface area (Å²) in [6.07, 6.45) is 2.58. The molecule has 3 nitrogen and oxygen atoms in total. The van der Waals surface area contributed by atoms with E-state index in [2.05, 4.69) is 48.5 Å². The number of hydrogen-bond acceptors (Lipinski definition) is 3. The summed E-state index contributed by atoms with van der Waals surface area (Å²) in [6, 6.07) is 6.69. The first kappa shape index (κ1) is 12.2. The zero-order chi connectivity index (χ0) is 12.3. The van der Waals surface area contributed by atoms with Gasteiger partial charge in [0.15, 0.2) is 0 Å². The molecule has 0 saturated heterocycles. The maximum atomic E-state index is 4.56. The zero-order valence-corrected chi connectivity index (χ0v) is 11.0. The summed E-state index contributed by atoms with van der Waals surface area (Å²) < 4.78 is 0. The lowest BCUT2D eigenvalue weighted by atomic mass is 9.98. The van der Waals surface area contributed by atoms with Crippen molar-refractivity contribution in [3.63, 3.8) is 0 Å². The molecule has 1 saturated carbocycles. The first-order chi connectivity index (χ1) is 8.20.